The molecule has 0 bridgehead atoms. The van der Waals surface area contributed by atoms with Crippen LogP contribution in [-0.2, 0) is 9.63 Å². The molecule has 0 saturated heterocycles. The molecule has 0 spiro atoms. The van der Waals surface area contributed by atoms with Crippen LogP contribution >= 0.6 is 11.8 Å². The molecule has 0 aromatic heterocycles. The Bertz CT molecular complexity index is 316. The van der Waals surface area contributed by atoms with Crippen LogP contribution in [0.15, 0.2) is 35.2 Å². The summed E-state index contributed by atoms with van der Waals surface area (Å²) in [6.45, 7) is 1.87. The van der Waals surface area contributed by atoms with E-state index < -0.39 is 0 Å². The summed E-state index contributed by atoms with van der Waals surface area (Å²) in [5.74, 6) is -0.0358. The first kappa shape index (κ1) is 12.1. The monoisotopic (exact) mass is 225 g/mol. The van der Waals surface area contributed by atoms with Crippen LogP contribution in [0.2, 0.25) is 0 Å². The van der Waals surface area contributed by atoms with Crippen molar-refractivity contribution in [2.75, 3.05) is 14.2 Å². The highest BCUT2D eigenvalue weighted by Crippen LogP contribution is 2.23. The van der Waals surface area contributed by atoms with Gasteiger partial charge in [0, 0.05) is 11.9 Å². The van der Waals surface area contributed by atoms with Gasteiger partial charge >= 0.3 is 0 Å². The van der Waals surface area contributed by atoms with E-state index in [0.29, 0.717) is 0 Å². The fraction of sp³-hybridized carbons (Fsp3) is 0.364. The molecule has 0 aliphatic rings. The van der Waals surface area contributed by atoms with E-state index in [-0.39, 0.29) is 11.2 Å². The Morgan fingerprint density at radius 2 is 2.00 bits per heavy atom. The second-order valence-electron chi connectivity index (χ2n) is 3.09. The molecule has 0 saturated carbocycles. The molecule has 0 N–H and O–H groups in total. The highest BCUT2D eigenvalue weighted by Gasteiger charge is 2.18. The predicted molar refractivity (Wildman–Crippen MR) is 61.5 cm³/mol. The van der Waals surface area contributed by atoms with Gasteiger partial charge in [0.1, 0.15) is 0 Å². The summed E-state index contributed by atoms with van der Waals surface area (Å²) >= 11 is 1.52. The van der Waals surface area contributed by atoms with Crippen molar-refractivity contribution in [1.82, 2.24) is 5.06 Å². The third kappa shape index (κ3) is 3.57. The van der Waals surface area contributed by atoms with Gasteiger partial charge in [-0.05, 0) is 19.1 Å². The van der Waals surface area contributed by atoms with Gasteiger partial charge in [0.2, 0.25) is 0 Å². The maximum absolute atomic E-state index is 11.7. The predicted octanol–water partition coefficient (Wildman–Crippen LogP) is 2.19. The van der Waals surface area contributed by atoms with E-state index in [9.17, 15) is 4.79 Å². The molecule has 1 aromatic carbocycles. The average molecular weight is 225 g/mol. The Morgan fingerprint density at radius 1 is 1.40 bits per heavy atom. The molecule has 0 fully saturated rings. The molecule has 0 aliphatic heterocycles. The minimum Gasteiger partial charge on any atom is -0.275 e. The standard InChI is InChI=1S/C11H15NO2S/c1-9(11(13)12(2)14-3)15-10-7-5-4-6-8-10/h4-9H,1-3H3. The summed E-state index contributed by atoms with van der Waals surface area (Å²) in [6, 6.07) is 9.85. The number of nitrogens with zero attached hydrogens (tertiary/aromatic N) is 1. The fourth-order valence-electron chi connectivity index (χ4n) is 1.10. The van der Waals surface area contributed by atoms with Gasteiger partial charge in [0.25, 0.3) is 5.91 Å². The molecule has 0 radical (unpaired) electrons. The molecular weight excluding hydrogens is 210 g/mol. The van der Waals surface area contributed by atoms with Crippen LogP contribution in [0.25, 0.3) is 0 Å². The topological polar surface area (TPSA) is 29.5 Å². The Balaban J connectivity index is 2.56. The van der Waals surface area contributed by atoms with Crippen molar-refractivity contribution < 1.29 is 9.63 Å². The van der Waals surface area contributed by atoms with E-state index in [1.165, 1.54) is 23.9 Å². The second kappa shape index (κ2) is 5.78. The van der Waals surface area contributed by atoms with E-state index in [4.69, 9.17) is 4.84 Å². The number of rotatable bonds is 4. The largest absolute Gasteiger partial charge is 0.275 e. The van der Waals surface area contributed by atoms with Gasteiger partial charge in [-0.25, -0.2) is 5.06 Å². The number of hydroxylamine groups is 2. The van der Waals surface area contributed by atoms with Gasteiger partial charge in [0.15, 0.2) is 0 Å². The van der Waals surface area contributed by atoms with Crippen molar-refractivity contribution in [1.29, 1.82) is 0 Å². The third-order valence-corrected chi connectivity index (χ3v) is 3.09. The summed E-state index contributed by atoms with van der Waals surface area (Å²) in [4.78, 5) is 17.6. The third-order valence-electron chi connectivity index (χ3n) is 1.99. The van der Waals surface area contributed by atoms with Crippen LogP contribution in [0.4, 0.5) is 0 Å². The molecular formula is C11H15NO2S. The summed E-state index contributed by atoms with van der Waals surface area (Å²) in [7, 11) is 3.10. The second-order valence-corrected chi connectivity index (χ2v) is 4.51. The maximum Gasteiger partial charge on any atom is 0.259 e. The van der Waals surface area contributed by atoms with E-state index in [0.717, 1.165) is 4.90 Å². The Morgan fingerprint density at radius 3 is 2.53 bits per heavy atom. The first-order valence-corrected chi connectivity index (χ1v) is 5.56. The first-order valence-electron chi connectivity index (χ1n) is 4.68. The zero-order chi connectivity index (χ0) is 11.3. The molecule has 3 nitrogen and oxygen atoms in total. The molecule has 1 unspecified atom stereocenters. The van der Waals surface area contributed by atoms with Gasteiger partial charge in [-0.1, -0.05) is 18.2 Å². The highest BCUT2D eigenvalue weighted by molar-refractivity contribution is 8.00. The summed E-state index contributed by atoms with van der Waals surface area (Å²) in [5.41, 5.74) is 0. The van der Waals surface area contributed by atoms with Crippen molar-refractivity contribution in [2.45, 2.75) is 17.1 Å². The number of thioether (sulfide) groups is 1. The molecule has 1 aromatic rings. The van der Waals surface area contributed by atoms with Gasteiger partial charge in [0.05, 0.1) is 12.4 Å². The zero-order valence-corrected chi connectivity index (χ0v) is 9.95. The van der Waals surface area contributed by atoms with Gasteiger partial charge in [-0.2, -0.15) is 0 Å². The van der Waals surface area contributed by atoms with Crippen molar-refractivity contribution in [3.63, 3.8) is 0 Å². The zero-order valence-electron chi connectivity index (χ0n) is 9.14. The lowest BCUT2D eigenvalue weighted by molar-refractivity contribution is -0.167. The fourth-order valence-corrected chi connectivity index (χ4v) is 2.07. The van der Waals surface area contributed by atoms with Crippen molar-refractivity contribution in [3.8, 4) is 0 Å². The van der Waals surface area contributed by atoms with E-state index in [2.05, 4.69) is 0 Å². The Kier molecular flexibility index (Phi) is 4.65. The van der Waals surface area contributed by atoms with Gasteiger partial charge in [-0.15, -0.1) is 11.8 Å². The molecule has 1 atom stereocenters. The van der Waals surface area contributed by atoms with E-state index in [1.807, 2.05) is 37.3 Å². The van der Waals surface area contributed by atoms with Crippen LogP contribution in [0.1, 0.15) is 6.92 Å². The number of carbonyl (C=O) groups is 1. The highest BCUT2D eigenvalue weighted by atomic mass is 32.2. The summed E-state index contributed by atoms with van der Waals surface area (Å²) in [5, 5.41) is 1.11. The van der Waals surface area contributed by atoms with Crippen LogP contribution in [0.5, 0.6) is 0 Å². The number of hydrogen-bond donors (Lipinski definition) is 0. The minimum absolute atomic E-state index is 0.0358. The van der Waals surface area contributed by atoms with Crippen molar-refractivity contribution in [3.05, 3.63) is 30.3 Å². The molecule has 0 heterocycles. The van der Waals surface area contributed by atoms with E-state index >= 15 is 0 Å². The first-order chi connectivity index (χ1) is 7.15. The van der Waals surface area contributed by atoms with Crippen LogP contribution in [0, 0.1) is 0 Å². The van der Waals surface area contributed by atoms with Crippen LogP contribution < -0.4 is 0 Å². The quantitative estimate of drug-likeness (QED) is 0.581. The van der Waals surface area contributed by atoms with E-state index in [1.54, 1.807) is 7.05 Å². The lowest BCUT2D eigenvalue weighted by atomic mass is 10.4. The minimum atomic E-state index is -0.141. The average Bonchev–Trinajstić information content (AvgIpc) is 2.28. The number of hydrogen-bond acceptors (Lipinski definition) is 3. The normalized spacial score (nSPS) is 12.2. The molecule has 0 aliphatic carbocycles. The van der Waals surface area contributed by atoms with Crippen molar-refractivity contribution in [2.24, 2.45) is 0 Å². The molecule has 1 amide bonds. The number of benzene rings is 1. The maximum atomic E-state index is 11.7. The van der Waals surface area contributed by atoms with Crippen molar-refractivity contribution >= 4 is 17.7 Å². The molecule has 82 valence electrons. The lowest BCUT2D eigenvalue weighted by Gasteiger charge is -2.18. The summed E-state index contributed by atoms with van der Waals surface area (Å²) in [6.07, 6.45) is 0. The number of amides is 1. The molecule has 4 heteroatoms. The van der Waals surface area contributed by atoms with Crippen LogP contribution in [0.3, 0.4) is 0 Å². The molecule has 1 rings (SSSR count). The summed E-state index contributed by atoms with van der Waals surface area (Å²) < 4.78 is 0. The van der Waals surface area contributed by atoms with Gasteiger partial charge in [-0.3, -0.25) is 9.63 Å². The lowest BCUT2D eigenvalue weighted by Crippen LogP contribution is -2.32. The van der Waals surface area contributed by atoms with Gasteiger partial charge < -0.3 is 0 Å². The number of carbonyl (C=O) groups excluding carboxylic acids is 1. The van der Waals surface area contributed by atoms with Crippen LogP contribution in [-0.4, -0.2) is 30.4 Å². The SMILES string of the molecule is CON(C)C(=O)C(C)Sc1ccccc1. The Labute approximate surface area is 94.4 Å². The Hall–Kier alpha value is -1.00. The molecule has 15 heavy (non-hydrogen) atoms. The smallest absolute Gasteiger partial charge is 0.259 e.